The molecule has 1 aliphatic rings. The largest absolute Gasteiger partial charge is 0.376 e. The van der Waals surface area contributed by atoms with E-state index < -0.39 is 0 Å². The Morgan fingerprint density at radius 3 is 3.00 bits per heavy atom. The standard InChI is InChI=1S/C18H24ClFN4O/c1-13-11-24(6-7-25-13)17(18-15(19)4-3-5-16(18)20)10-21-8-14-9-22-23(2)12-14/h3-5,9,12-13,17,21H,6-8,10-11H2,1-2H3/t13-,17-/m0/s1. The molecule has 2 heterocycles. The van der Waals surface area contributed by atoms with Gasteiger partial charge in [0, 0.05) is 55.6 Å². The maximum absolute atomic E-state index is 14.5. The van der Waals surface area contributed by atoms with Crippen molar-refractivity contribution in [1.29, 1.82) is 0 Å². The van der Waals surface area contributed by atoms with E-state index in [1.807, 2.05) is 26.4 Å². The Morgan fingerprint density at radius 2 is 2.32 bits per heavy atom. The summed E-state index contributed by atoms with van der Waals surface area (Å²) in [4.78, 5) is 2.24. The van der Waals surface area contributed by atoms with Crippen LogP contribution in [0.5, 0.6) is 0 Å². The highest BCUT2D eigenvalue weighted by atomic mass is 35.5. The van der Waals surface area contributed by atoms with Crippen LogP contribution < -0.4 is 5.32 Å². The number of benzene rings is 1. The summed E-state index contributed by atoms with van der Waals surface area (Å²) in [6.07, 6.45) is 3.92. The number of nitrogens with one attached hydrogen (secondary N) is 1. The molecule has 5 nitrogen and oxygen atoms in total. The maximum atomic E-state index is 14.5. The summed E-state index contributed by atoms with van der Waals surface area (Å²) in [5.41, 5.74) is 1.65. The van der Waals surface area contributed by atoms with E-state index in [1.165, 1.54) is 6.07 Å². The molecule has 7 heteroatoms. The zero-order valence-electron chi connectivity index (χ0n) is 14.6. The van der Waals surface area contributed by atoms with Gasteiger partial charge in [-0.3, -0.25) is 9.58 Å². The third-order valence-corrected chi connectivity index (χ3v) is 4.80. The van der Waals surface area contributed by atoms with Gasteiger partial charge in [-0.1, -0.05) is 17.7 Å². The summed E-state index contributed by atoms with van der Waals surface area (Å²) >= 11 is 6.34. The first kappa shape index (κ1) is 18.3. The zero-order chi connectivity index (χ0) is 17.8. The minimum absolute atomic E-state index is 0.125. The van der Waals surface area contributed by atoms with Crippen molar-refractivity contribution in [3.05, 3.63) is 52.6 Å². The minimum Gasteiger partial charge on any atom is -0.376 e. The lowest BCUT2D eigenvalue weighted by Gasteiger charge is -2.38. The molecule has 136 valence electrons. The summed E-state index contributed by atoms with van der Waals surface area (Å²) in [5, 5.41) is 8.05. The molecule has 1 saturated heterocycles. The van der Waals surface area contributed by atoms with Crippen molar-refractivity contribution in [3.8, 4) is 0 Å². The van der Waals surface area contributed by atoms with Crippen molar-refractivity contribution in [2.75, 3.05) is 26.2 Å². The average molecular weight is 367 g/mol. The summed E-state index contributed by atoms with van der Waals surface area (Å²) in [5.74, 6) is -0.264. The van der Waals surface area contributed by atoms with E-state index >= 15 is 0 Å². The van der Waals surface area contributed by atoms with Gasteiger partial charge in [0.25, 0.3) is 0 Å². The molecule has 1 fully saturated rings. The number of hydrogen-bond acceptors (Lipinski definition) is 4. The molecule has 0 spiro atoms. The number of rotatable bonds is 6. The van der Waals surface area contributed by atoms with Gasteiger partial charge in [-0.05, 0) is 19.1 Å². The molecule has 1 aliphatic heterocycles. The first-order chi connectivity index (χ1) is 12.0. The highest BCUT2D eigenvalue weighted by molar-refractivity contribution is 6.31. The summed E-state index contributed by atoms with van der Waals surface area (Å²) < 4.78 is 21.9. The first-order valence-electron chi connectivity index (χ1n) is 8.52. The second kappa shape index (κ2) is 8.27. The number of nitrogens with zero attached hydrogens (tertiary/aromatic N) is 3. The fourth-order valence-corrected chi connectivity index (χ4v) is 3.58. The van der Waals surface area contributed by atoms with Gasteiger partial charge in [0.15, 0.2) is 0 Å². The van der Waals surface area contributed by atoms with Crippen LogP contribution >= 0.6 is 11.6 Å². The number of aryl methyl sites for hydroxylation is 1. The fourth-order valence-electron chi connectivity index (χ4n) is 3.29. The van der Waals surface area contributed by atoms with Gasteiger partial charge < -0.3 is 10.1 Å². The van der Waals surface area contributed by atoms with Crippen LogP contribution in [-0.2, 0) is 18.3 Å². The van der Waals surface area contributed by atoms with Crippen molar-refractivity contribution in [2.45, 2.75) is 25.6 Å². The molecule has 2 atom stereocenters. The zero-order valence-corrected chi connectivity index (χ0v) is 15.3. The second-order valence-corrected chi connectivity index (χ2v) is 6.89. The Balaban J connectivity index is 1.76. The quantitative estimate of drug-likeness (QED) is 0.853. The van der Waals surface area contributed by atoms with E-state index in [2.05, 4.69) is 15.3 Å². The molecule has 0 amide bonds. The van der Waals surface area contributed by atoms with Crippen molar-refractivity contribution in [1.82, 2.24) is 20.0 Å². The number of halogens is 2. The monoisotopic (exact) mass is 366 g/mol. The van der Waals surface area contributed by atoms with Crippen LogP contribution in [0.1, 0.15) is 24.1 Å². The predicted octanol–water partition coefficient (Wildman–Crippen LogP) is 2.76. The number of aromatic nitrogens is 2. The third kappa shape index (κ3) is 4.58. The summed E-state index contributed by atoms with van der Waals surface area (Å²) in [6, 6.07) is 4.72. The average Bonchev–Trinajstić information content (AvgIpc) is 2.98. The van der Waals surface area contributed by atoms with Crippen LogP contribution in [0.15, 0.2) is 30.6 Å². The molecular weight excluding hydrogens is 343 g/mol. The Bertz CT molecular complexity index is 688. The minimum atomic E-state index is -0.264. The molecule has 0 saturated carbocycles. The van der Waals surface area contributed by atoms with Crippen LogP contribution in [0.3, 0.4) is 0 Å². The van der Waals surface area contributed by atoms with Crippen LogP contribution in [0.25, 0.3) is 0 Å². The topological polar surface area (TPSA) is 42.3 Å². The first-order valence-corrected chi connectivity index (χ1v) is 8.90. The van der Waals surface area contributed by atoms with E-state index in [0.717, 1.165) is 18.7 Å². The SMILES string of the molecule is C[C@H]1CN([C@@H](CNCc2cnn(C)c2)c2c(F)cccc2Cl)CCO1. The Hall–Kier alpha value is -1.47. The normalized spacial score (nSPS) is 19.9. The van der Waals surface area contributed by atoms with Crippen molar-refractivity contribution >= 4 is 11.6 Å². The molecule has 0 radical (unpaired) electrons. The van der Waals surface area contributed by atoms with E-state index in [4.69, 9.17) is 16.3 Å². The molecular formula is C18H24ClFN4O. The van der Waals surface area contributed by atoms with Crippen molar-refractivity contribution in [2.24, 2.45) is 7.05 Å². The highest BCUT2D eigenvalue weighted by Gasteiger charge is 2.28. The number of hydrogen-bond donors (Lipinski definition) is 1. The van der Waals surface area contributed by atoms with Gasteiger partial charge >= 0.3 is 0 Å². The number of morpholine rings is 1. The van der Waals surface area contributed by atoms with Crippen LogP contribution in [0, 0.1) is 5.82 Å². The molecule has 0 bridgehead atoms. The molecule has 0 aliphatic carbocycles. The number of ether oxygens (including phenoxy) is 1. The van der Waals surface area contributed by atoms with Gasteiger partial charge in [0.1, 0.15) is 5.82 Å². The molecule has 1 N–H and O–H groups in total. The molecule has 1 aromatic heterocycles. The smallest absolute Gasteiger partial charge is 0.129 e. The van der Waals surface area contributed by atoms with Crippen molar-refractivity contribution in [3.63, 3.8) is 0 Å². The van der Waals surface area contributed by atoms with Gasteiger partial charge in [-0.2, -0.15) is 5.10 Å². The van der Waals surface area contributed by atoms with E-state index in [-0.39, 0.29) is 18.0 Å². The van der Waals surface area contributed by atoms with E-state index in [0.29, 0.717) is 30.3 Å². The lowest BCUT2D eigenvalue weighted by Crippen LogP contribution is -2.46. The second-order valence-electron chi connectivity index (χ2n) is 6.48. The Morgan fingerprint density at radius 1 is 1.48 bits per heavy atom. The molecule has 2 aromatic rings. The lowest BCUT2D eigenvalue weighted by atomic mass is 10.0. The van der Waals surface area contributed by atoms with Crippen LogP contribution in [0.4, 0.5) is 4.39 Å². The predicted molar refractivity (Wildman–Crippen MR) is 96.1 cm³/mol. The van der Waals surface area contributed by atoms with Crippen LogP contribution in [-0.4, -0.2) is 47.0 Å². The van der Waals surface area contributed by atoms with Gasteiger partial charge in [-0.15, -0.1) is 0 Å². The van der Waals surface area contributed by atoms with E-state index in [1.54, 1.807) is 16.8 Å². The molecule has 0 unspecified atom stereocenters. The molecule has 1 aromatic carbocycles. The third-order valence-electron chi connectivity index (χ3n) is 4.47. The molecule has 3 rings (SSSR count). The van der Waals surface area contributed by atoms with Gasteiger partial charge in [0.05, 0.1) is 24.9 Å². The summed E-state index contributed by atoms with van der Waals surface area (Å²) in [6.45, 7) is 5.47. The maximum Gasteiger partial charge on any atom is 0.129 e. The van der Waals surface area contributed by atoms with Gasteiger partial charge in [-0.25, -0.2) is 4.39 Å². The summed E-state index contributed by atoms with van der Waals surface area (Å²) in [7, 11) is 1.89. The lowest BCUT2D eigenvalue weighted by molar-refractivity contribution is -0.0349. The fraction of sp³-hybridized carbons (Fsp3) is 0.500. The Kier molecular flexibility index (Phi) is 6.06. The molecule has 25 heavy (non-hydrogen) atoms. The Labute approximate surface area is 152 Å². The highest BCUT2D eigenvalue weighted by Crippen LogP contribution is 2.31. The van der Waals surface area contributed by atoms with E-state index in [9.17, 15) is 4.39 Å². The van der Waals surface area contributed by atoms with Crippen molar-refractivity contribution < 1.29 is 9.13 Å². The van der Waals surface area contributed by atoms with Gasteiger partial charge in [0.2, 0.25) is 0 Å². The van der Waals surface area contributed by atoms with Crippen LogP contribution in [0.2, 0.25) is 5.02 Å².